The Hall–Kier alpha value is -2.67. The Balaban J connectivity index is 2.25. The molecular formula is C15H19N5O2. The van der Waals surface area contributed by atoms with E-state index in [4.69, 9.17) is 10.6 Å². The molecule has 0 saturated carbocycles. The minimum Gasteiger partial charge on any atom is -0.491 e. The van der Waals surface area contributed by atoms with Crippen LogP contribution in [0, 0.1) is 6.92 Å². The third-order valence-corrected chi connectivity index (χ3v) is 2.71. The minimum absolute atomic E-state index is 0.0953. The molecular weight excluding hydrogens is 282 g/mol. The van der Waals surface area contributed by atoms with Gasteiger partial charge in [-0.2, -0.15) is 0 Å². The van der Waals surface area contributed by atoms with Crippen molar-refractivity contribution in [3.05, 3.63) is 36.2 Å². The molecule has 2 rings (SSSR count). The topological polar surface area (TPSA) is 95.1 Å². The molecule has 0 aliphatic carbocycles. The zero-order chi connectivity index (χ0) is 16.1. The molecule has 0 unspecified atom stereocenters. The van der Waals surface area contributed by atoms with Gasteiger partial charge in [0.15, 0.2) is 5.82 Å². The number of rotatable bonds is 5. The molecule has 0 spiro atoms. The number of aryl methyl sites for hydroxylation is 1. The molecule has 0 saturated heterocycles. The number of hydrazine groups is 1. The molecule has 0 bridgehead atoms. The summed E-state index contributed by atoms with van der Waals surface area (Å²) in [6.07, 6.45) is 4.35. The Morgan fingerprint density at radius 1 is 1.41 bits per heavy atom. The van der Waals surface area contributed by atoms with E-state index in [0.717, 1.165) is 16.9 Å². The van der Waals surface area contributed by atoms with E-state index in [-0.39, 0.29) is 6.10 Å². The molecule has 0 aliphatic rings. The summed E-state index contributed by atoms with van der Waals surface area (Å²) >= 11 is 0. The van der Waals surface area contributed by atoms with E-state index in [1.165, 1.54) is 23.3 Å². The van der Waals surface area contributed by atoms with Crippen LogP contribution in [0.25, 0.3) is 17.6 Å². The van der Waals surface area contributed by atoms with Crippen LogP contribution in [0.2, 0.25) is 0 Å². The lowest BCUT2D eigenvalue weighted by Crippen LogP contribution is -2.28. The summed E-state index contributed by atoms with van der Waals surface area (Å²) in [5, 5.41) is 4.29. The van der Waals surface area contributed by atoms with Gasteiger partial charge in [-0.25, -0.2) is 15.5 Å². The van der Waals surface area contributed by atoms with Crippen LogP contribution < -0.4 is 16.0 Å². The van der Waals surface area contributed by atoms with Crippen LogP contribution >= 0.6 is 0 Å². The molecule has 0 atom stereocenters. The quantitative estimate of drug-likeness (QED) is 0.378. The van der Waals surface area contributed by atoms with Gasteiger partial charge in [0.1, 0.15) is 12.1 Å². The molecule has 1 heterocycles. The van der Waals surface area contributed by atoms with Crippen molar-refractivity contribution in [2.45, 2.75) is 26.9 Å². The highest BCUT2D eigenvalue weighted by molar-refractivity contribution is 5.89. The number of carbonyl (C=O) groups excluding carboxylic acids is 1. The molecule has 116 valence electrons. The van der Waals surface area contributed by atoms with Crippen molar-refractivity contribution < 1.29 is 9.53 Å². The molecule has 7 nitrogen and oxygen atoms in total. The summed E-state index contributed by atoms with van der Waals surface area (Å²) in [6.45, 7) is 5.93. The van der Waals surface area contributed by atoms with Gasteiger partial charge in [-0.3, -0.25) is 10.2 Å². The van der Waals surface area contributed by atoms with Crippen molar-refractivity contribution in [1.29, 1.82) is 0 Å². The van der Waals surface area contributed by atoms with Crippen molar-refractivity contribution in [3.8, 4) is 17.1 Å². The summed E-state index contributed by atoms with van der Waals surface area (Å²) in [6, 6.07) is 5.83. The number of amides is 1. The molecule has 0 radical (unpaired) electrons. The Morgan fingerprint density at radius 3 is 2.86 bits per heavy atom. The molecule has 2 aromatic rings. The van der Waals surface area contributed by atoms with Gasteiger partial charge in [0.25, 0.3) is 5.91 Å². The highest BCUT2D eigenvalue weighted by Gasteiger charge is 2.07. The number of carbonyl (C=O) groups is 1. The van der Waals surface area contributed by atoms with Crippen LogP contribution in [0.4, 0.5) is 0 Å². The predicted octanol–water partition coefficient (Wildman–Crippen LogP) is 1.50. The second-order valence-electron chi connectivity index (χ2n) is 5.07. The maximum Gasteiger partial charge on any atom is 0.259 e. The van der Waals surface area contributed by atoms with E-state index in [1.54, 1.807) is 0 Å². The van der Waals surface area contributed by atoms with E-state index in [2.05, 4.69) is 10.1 Å². The first-order valence-electron chi connectivity index (χ1n) is 6.86. The monoisotopic (exact) mass is 301 g/mol. The highest BCUT2D eigenvalue weighted by Crippen LogP contribution is 2.24. The lowest BCUT2D eigenvalue weighted by molar-refractivity contribution is -0.116. The summed E-state index contributed by atoms with van der Waals surface area (Å²) < 4.78 is 7.15. The number of nitrogens with two attached hydrogens (primary N) is 1. The second kappa shape index (κ2) is 6.86. The third-order valence-electron chi connectivity index (χ3n) is 2.71. The highest BCUT2D eigenvalue weighted by atomic mass is 16.5. The smallest absolute Gasteiger partial charge is 0.259 e. The van der Waals surface area contributed by atoms with Gasteiger partial charge in [-0.05, 0) is 44.5 Å². The maximum absolute atomic E-state index is 11.1. The van der Waals surface area contributed by atoms with Crippen LogP contribution in [0.15, 0.2) is 30.6 Å². The maximum atomic E-state index is 11.1. The number of aromatic nitrogens is 3. The van der Waals surface area contributed by atoms with Crippen LogP contribution in [0.3, 0.4) is 0 Å². The van der Waals surface area contributed by atoms with E-state index < -0.39 is 5.91 Å². The summed E-state index contributed by atoms with van der Waals surface area (Å²) in [4.78, 5) is 15.3. The normalized spacial score (nSPS) is 11.1. The predicted molar refractivity (Wildman–Crippen MR) is 83.6 cm³/mol. The largest absolute Gasteiger partial charge is 0.491 e. The van der Waals surface area contributed by atoms with Crippen LogP contribution in [-0.2, 0) is 4.79 Å². The molecule has 1 aromatic heterocycles. The van der Waals surface area contributed by atoms with E-state index >= 15 is 0 Å². The van der Waals surface area contributed by atoms with Gasteiger partial charge in [0.05, 0.1) is 6.10 Å². The van der Waals surface area contributed by atoms with E-state index in [1.807, 2.05) is 44.4 Å². The van der Waals surface area contributed by atoms with Crippen molar-refractivity contribution in [1.82, 2.24) is 20.2 Å². The average molecular weight is 301 g/mol. The molecule has 1 aromatic carbocycles. The fraction of sp³-hybridized carbons (Fsp3) is 0.267. The Kier molecular flexibility index (Phi) is 4.90. The number of hydrogen-bond donors (Lipinski definition) is 2. The van der Waals surface area contributed by atoms with Crippen molar-refractivity contribution in [3.63, 3.8) is 0 Å². The van der Waals surface area contributed by atoms with Crippen LogP contribution in [0.1, 0.15) is 19.4 Å². The number of hydrogen-bond acceptors (Lipinski definition) is 5. The van der Waals surface area contributed by atoms with Gasteiger partial charge in [-0.15, -0.1) is 5.10 Å². The van der Waals surface area contributed by atoms with E-state index in [9.17, 15) is 4.79 Å². The third kappa shape index (κ3) is 4.16. The van der Waals surface area contributed by atoms with E-state index in [0.29, 0.717) is 5.82 Å². The molecule has 3 N–H and O–H groups in total. The Morgan fingerprint density at radius 2 is 2.18 bits per heavy atom. The van der Waals surface area contributed by atoms with Crippen LogP contribution in [0.5, 0.6) is 5.75 Å². The first-order chi connectivity index (χ1) is 10.5. The van der Waals surface area contributed by atoms with Gasteiger partial charge in [0, 0.05) is 17.8 Å². The standard InChI is InChI=1S/C15H19N5O2/c1-10(2)22-13-7-11(3)6-12(8-13)15-17-9-20(19-15)5-4-14(21)18-16/h4-10H,16H2,1-3H3,(H,18,21)/b5-4-. The molecule has 7 heteroatoms. The first-order valence-corrected chi connectivity index (χ1v) is 6.86. The molecule has 1 amide bonds. The van der Waals surface area contributed by atoms with Gasteiger partial charge in [0.2, 0.25) is 0 Å². The fourth-order valence-electron chi connectivity index (χ4n) is 1.89. The first kappa shape index (κ1) is 15.7. The van der Waals surface area contributed by atoms with Crippen molar-refractivity contribution >= 4 is 12.1 Å². The summed E-state index contributed by atoms with van der Waals surface area (Å²) in [5.74, 6) is 5.91. The second-order valence-corrected chi connectivity index (χ2v) is 5.07. The Labute approximate surface area is 128 Å². The average Bonchev–Trinajstić information content (AvgIpc) is 2.92. The lowest BCUT2D eigenvalue weighted by Gasteiger charge is -2.11. The van der Waals surface area contributed by atoms with Crippen molar-refractivity contribution in [2.75, 3.05) is 0 Å². The zero-order valence-corrected chi connectivity index (χ0v) is 12.8. The summed E-state index contributed by atoms with van der Waals surface area (Å²) in [5.41, 5.74) is 3.91. The number of nitrogens with zero attached hydrogens (tertiary/aromatic N) is 3. The molecule has 22 heavy (non-hydrogen) atoms. The lowest BCUT2D eigenvalue weighted by atomic mass is 10.1. The van der Waals surface area contributed by atoms with Gasteiger partial charge >= 0.3 is 0 Å². The van der Waals surface area contributed by atoms with Crippen molar-refractivity contribution in [2.24, 2.45) is 5.84 Å². The number of ether oxygens (including phenoxy) is 1. The number of benzene rings is 1. The number of nitrogens with one attached hydrogen (secondary N) is 1. The van der Waals surface area contributed by atoms with Gasteiger partial charge < -0.3 is 4.74 Å². The fourth-order valence-corrected chi connectivity index (χ4v) is 1.89. The molecule has 0 aliphatic heterocycles. The van der Waals surface area contributed by atoms with Gasteiger partial charge in [-0.1, -0.05) is 0 Å². The summed E-state index contributed by atoms with van der Waals surface area (Å²) in [7, 11) is 0. The Bertz CT molecular complexity index is 691. The SMILES string of the molecule is Cc1cc(OC(C)C)cc(-c2ncn(/C=C\C(=O)NN)n2)c1. The minimum atomic E-state index is -0.416. The zero-order valence-electron chi connectivity index (χ0n) is 12.8. The molecule has 0 fully saturated rings. The van der Waals surface area contributed by atoms with Crippen LogP contribution in [-0.4, -0.2) is 26.8 Å².